The molecule has 6 heteroatoms. The van der Waals surface area contributed by atoms with E-state index in [-0.39, 0.29) is 0 Å². The Kier molecular flexibility index (Phi) is 6.64. The summed E-state index contributed by atoms with van der Waals surface area (Å²) < 4.78 is 5.18. The number of aliphatic carboxylic acids is 2. The Hall–Kier alpha value is -1.14. The van der Waals surface area contributed by atoms with Crippen molar-refractivity contribution in [1.29, 1.82) is 0 Å². The van der Waals surface area contributed by atoms with Crippen molar-refractivity contribution in [3.05, 3.63) is 0 Å². The molecule has 0 aromatic rings. The maximum Gasteiger partial charge on any atom is 0.414 e. The molecule has 0 aromatic carbocycles. The number of carboxylic acids is 2. The number of hydrogen-bond donors (Lipinski definition) is 3. The molecule has 0 bridgehead atoms. The molecule has 1 unspecified atom stereocenters. The van der Waals surface area contributed by atoms with E-state index in [0.717, 1.165) is 12.8 Å². The van der Waals surface area contributed by atoms with E-state index < -0.39 is 11.9 Å². The van der Waals surface area contributed by atoms with Crippen molar-refractivity contribution < 1.29 is 24.5 Å². The van der Waals surface area contributed by atoms with E-state index in [9.17, 15) is 0 Å². The van der Waals surface area contributed by atoms with Gasteiger partial charge in [0.15, 0.2) is 0 Å². The molecule has 0 heterocycles. The molecule has 0 amide bonds. The summed E-state index contributed by atoms with van der Waals surface area (Å²) in [6, 6.07) is 0.295. The van der Waals surface area contributed by atoms with Gasteiger partial charge in [0.2, 0.25) is 0 Å². The molecule has 2 atom stereocenters. The van der Waals surface area contributed by atoms with Gasteiger partial charge >= 0.3 is 11.9 Å². The lowest BCUT2D eigenvalue weighted by Gasteiger charge is -2.26. The summed E-state index contributed by atoms with van der Waals surface area (Å²) in [7, 11) is 1.75. The van der Waals surface area contributed by atoms with Crippen LogP contribution < -0.4 is 5.73 Å². The fourth-order valence-electron chi connectivity index (χ4n) is 1.42. The average Bonchev–Trinajstić information content (AvgIpc) is 2.19. The minimum Gasteiger partial charge on any atom is -0.473 e. The number of methoxy groups -OCH3 is 1. The maximum atomic E-state index is 9.10. The lowest BCUT2D eigenvalue weighted by Crippen LogP contribution is -2.38. The van der Waals surface area contributed by atoms with E-state index >= 15 is 0 Å². The highest BCUT2D eigenvalue weighted by Crippen LogP contribution is 2.18. The van der Waals surface area contributed by atoms with Crippen LogP contribution in [0.1, 0.15) is 25.7 Å². The summed E-state index contributed by atoms with van der Waals surface area (Å²) in [5.74, 6) is -3.65. The Balaban J connectivity index is 0.000000288. The molecule has 1 rings (SSSR count). The van der Waals surface area contributed by atoms with Gasteiger partial charge in [-0.15, -0.1) is 0 Å². The standard InChI is InChI=1S/C7H15NO.C2H2O4/c1-9-7-5-3-2-4-6(7)8;3-1(4)2(5)6/h6-7H,2-5,8H2,1H3;(H,3,4)(H,5,6)/t6-,7?;/m1./s1. The van der Waals surface area contributed by atoms with Crippen molar-refractivity contribution in [2.75, 3.05) is 7.11 Å². The lowest BCUT2D eigenvalue weighted by molar-refractivity contribution is -0.159. The Morgan fingerprint density at radius 3 is 1.93 bits per heavy atom. The molecular formula is C9H17NO5. The quantitative estimate of drug-likeness (QED) is 0.538. The Labute approximate surface area is 88.0 Å². The molecule has 0 saturated heterocycles. The first-order chi connectivity index (χ1) is 6.99. The molecule has 4 N–H and O–H groups in total. The number of carboxylic acid groups (broad SMARTS) is 2. The normalized spacial score (nSPS) is 24.9. The van der Waals surface area contributed by atoms with Gasteiger partial charge in [-0.25, -0.2) is 9.59 Å². The second-order valence-corrected chi connectivity index (χ2v) is 3.33. The van der Waals surface area contributed by atoms with Gasteiger partial charge in [0.25, 0.3) is 0 Å². The third-order valence-corrected chi connectivity index (χ3v) is 2.24. The fraction of sp³-hybridized carbons (Fsp3) is 0.778. The summed E-state index contributed by atoms with van der Waals surface area (Å²) in [6.45, 7) is 0. The zero-order valence-corrected chi connectivity index (χ0v) is 8.68. The van der Waals surface area contributed by atoms with E-state index in [4.69, 9.17) is 30.3 Å². The van der Waals surface area contributed by atoms with Crippen molar-refractivity contribution in [3.63, 3.8) is 0 Å². The smallest absolute Gasteiger partial charge is 0.414 e. The zero-order valence-electron chi connectivity index (χ0n) is 8.68. The third-order valence-electron chi connectivity index (χ3n) is 2.24. The monoisotopic (exact) mass is 219 g/mol. The number of hydrogen-bond acceptors (Lipinski definition) is 4. The van der Waals surface area contributed by atoms with Crippen molar-refractivity contribution in [1.82, 2.24) is 0 Å². The summed E-state index contributed by atoms with van der Waals surface area (Å²) in [6.07, 6.45) is 5.18. The third kappa shape index (κ3) is 6.03. The first-order valence-electron chi connectivity index (χ1n) is 4.73. The molecule has 1 aliphatic rings. The molecule has 0 aliphatic heterocycles. The van der Waals surface area contributed by atoms with Crippen molar-refractivity contribution in [2.24, 2.45) is 5.73 Å². The summed E-state index contributed by atoms with van der Waals surface area (Å²) in [5.41, 5.74) is 5.76. The van der Waals surface area contributed by atoms with Crippen LogP contribution in [-0.4, -0.2) is 41.4 Å². The van der Waals surface area contributed by atoms with Crippen molar-refractivity contribution in [2.45, 2.75) is 37.8 Å². The molecule has 1 saturated carbocycles. The van der Waals surface area contributed by atoms with Gasteiger partial charge in [0, 0.05) is 13.2 Å². The van der Waals surface area contributed by atoms with Gasteiger partial charge in [0.1, 0.15) is 0 Å². The Bertz CT molecular complexity index is 207. The van der Waals surface area contributed by atoms with E-state index in [2.05, 4.69) is 0 Å². The predicted molar refractivity (Wildman–Crippen MR) is 52.5 cm³/mol. The average molecular weight is 219 g/mol. The van der Waals surface area contributed by atoms with Gasteiger partial charge in [-0.2, -0.15) is 0 Å². The minimum atomic E-state index is -1.82. The first-order valence-corrected chi connectivity index (χ1v) is 4.73. The SMILES string of the molecule is COC1CCCC[C@H]1N.O=C(O)C(=O)O. The second-order valence-electron chi connectivity index (χ2n) is 3.33. The highest BCUT2D eigenvalue weighted by molar-refractivity contribution is 6.27. The molecule has 0 spiro atoms. The van der Waals surface area contributed by atoms with Crippen LogP contribution in [0.2, 0.25) is 0 Å². The molecule has 1 fully saturated rings. The van der Waals surface area contributed by atoms with Crippen LogP contribution in [-0.2, 0) is 14.3 Å². The van der Waals surface area contributed by atoms with E-state index in [1.165, 1.54) is 12.8 Å². The molecular weight excluding hydrogens is 202 g/mol. The van der Waals surface area contributed by atoms with Crippen LogP contribution in [0, 0.1) is 0 Å². The fourth-order valence-corrected chi connectivity index (χ4v) is 1.42. The first kappa shape index (κ1) is 13.9. The largest absolute Gasteiger partial charge is 0.473 e. The van der Waals surface area contributed by atoms with Gasteiger partial charge in [-0.1, -0.05) is 12.8 Å². The van der Waals surface area contributed by atoms with Crippen LogP contribution in [0.25, 0.3) is 0 Å². The van der Waals surface area contributed by atoms with E-state index in [1.54, 1.807) is 7.11 Å². The van der Waals surface area contributed by atoms with Gasteiger partial charge < -0.3 is 20.7 Å². The summed E-state index contributed by atoms with van der Waals surface area (Å²) in [4.78, 5) is 18.2. The van der Waals surface area contributed by atoms with Gasteiger partial charge in [-0.3, -0.25) is 0 Å². The maximum absolute atomic E-state index is 9.10. The van der Waals surface area contributed by atoms with Crippen LogP contribution in [0.15, 0.2) is 0 Å². The van der Waals surface area contributed by atoms with E-state index in [0.29, 0.717) is 12.1 Å². The molecule has 0 aromatic heterocycles. The van der Waals surface area contributed by atoms with Crippen LogP contribution in [0.3, 0.4) is 0 Å². The Morgan fingerprint density at radius 1 is 1.20 bits per heavy atom. The predicted octanol–water partition coefficient (Wildman–Crippen LogP) is 0.0583. The highest BCUT2D eigenvalue weighted by Gasteiger charge is 2.20. The van der Waals surface area contributed by atoms with Crippen LogP contribution in [0.4, 0.5) is 0 Å². The molecule has 0 radical (unpaired) electrons. The molecule has 1 aliphatic carbocycles. The number of rotatable bonds is 1. The number of carbonyl (C=O) groups is 2. The van der Waals surface area contributed by atoms with Gasteiger partial charge in [-0.05, 0) is 12.8 Å². The highest BCUT2D eigenvalue weighted by atomic mass is 16.5. The number of nitrogens with two attached hydrogens (primary N) is 1. The molecule has 15 heavy (non-hydrogen) atoms. The van der Waals surface area contributed by atoms with Crippen LogP contribution >= 0.6 is 0 Å². The van der Waals surface area contributed by atoms with Gasteiger partial charge in [0.05, 0.1) is 6.10 Å². The van der Waals surface area contributed by atoms with Crippen molar-refractivity contribution in [3.8, 4) is 0 Å². The minimum absolute atomic E-state index is 0.295. The Morgan fingerprint density at radius 2 is 1.67 bits per heavy atom. The number of ether oxygens (including phenoxy) is 1. The topological polar surface area (TPSA) is 110 Å². The molecule has 88 valence electrons. The van der Waals surface area contributed by atoms with E-state index in [1.807, 2.05) is 0 Å². The zero-order chi connectivity index (χ0) is 11.8. The summed E-state index contributed by atoms with van der Waals surface area (Å²) in [5, 5.41) is 14.8. The molecule has 6 nitrogen and oxygen atoms in total. The van der Waals surface area contributed by atoms with Crippen LogP contribution in [0.5, 0.6) is 0 Å². The summed E-state index contributed by atoms with van der Waals surface area (Å²) >= 11 is 0. The lowest BCUT2D eigenvalue weighted by atomic mass is 9.93. The second kappa shape index (κ2) is 7.19. The van der Waals surface area contributed by atoms with Crippen molar-refractivity contribution >= 4 is 11.9 Å².